The maximum absolute atomic E-state index is 13.1. The lowest BCUT2D eigenvalue weighted by Gasteiger charge is -2.07. The van der Waals surface area contributed by atoms with Gasteiger partial charge in [0.05, 0.1) is 25.3 Å². The fourth-order valence-electron chi connectivity index (χ4n) is 1.02. The highest BCUT2D eigenvalue weighted by Crippen LogP contribution is 2.20. The number of methoxy groups -OCH3 is 1. The van der Waals surface area contributed by atoms with Crippen molar-refractivity contribution in [2.45, 2.75) is 6.42 Å². The van der Waals surface area contributed by atoms with Gasteiger partial charge in [-0.15, -0.1) is 0 Å². The Morgan fingerprint density at radius 3 is 3.00 bits per heavy atom. The van der Waals surface area contributed by atoms with Crippen LogP contribution in [0.4, 0.5) is 10.1 Å². The number of halogens is 1. The van der Waals surface area contributed by atoms with E-state index in [1.807, 2.05) is 6.07 Å². The van der Waals surface area contributed by atoms with Crippen molar-refractivity contribution < 1.29 is 9.13 Å². The summed E-state index contributed by atoms with van der Waals surface area (Å²) in [6, 6.07) is 6.41. The van der Waals surface area contributed by atoms with Gasteiger partial charge >= 0.3 is 0 Å². The predicted octanol–water partition coefficient (Wildman–Crippen LogP) is 2.16. The molecule has 14 heavy (non-hydrogen) atoms. The van der Waals surface area contributed by atoms with Crippen molar-refractivity contribution in [3.8, 4) is 11.8 Å². The topological polar surface area (TPSA) is 45.0 Å². The summed E-state index contributed by atoms with van der Waals surface area (Å²) in [5.74, 6) is 0.245. The standard InChI is InChI=1S/C10H11FN2O/c1-14-8-3-4-9(11)10(7-8)13-6-2-5-12/h3-4,7,13H,2,6H2,1H3. The van der Waals surface area contributed by atoms with Crippen LogP contribution in [0.1, 0.15) is 6.42 Å². The third kappa shape index (κ3) is 2.63. The first-order chi connectivity index (χ1) is 6.77. The minimum Gasteiger partial charge on any atom is -0.497 e. The first-order valence-electron chi connectivity index (χ1n) is 4.22. The van der Waals surface area contributed by atoms with Crippen molar-refractivity contribution in [1.82, 2.24) is 0 Å². The highest BCUT2D eigenvalue weighted by molar-refractivity contribution is 5.49. The van der Waals surface area contributed by atoms with Crippen LogP contribution in [0, 0.1) is 17.1 Å². The second-order valence-electron chi connectivity index (χ2n) is 2.68. The molecule has 3 nitrogen and oxygen atoms in total. The van der Waals surface area contributed by atoms with Gasteiger partial charge in [0.1, 0.15) is 11.6 Å². The third-order valence-corrected chi connectivity index (χ3v) is 1.73. The molecule has 4 heteroatoms. The van der Waals surface area contributed by atoms with E-state index in [0.717, 1.165) is 0 Å². The van der Waals surface area contributed by atoms with E-state index in [2.05, 4.69) is 5.32 Å². The van der Waals surface area contributed by atoms with Gasteiger partial charge in [-0.1, -0.05) is 0 Å². The fourth-order valence-corrected chi connectivity index (χ4v) is 1.02. The van der Waals surface area contributed by atoms with Crippen molar-refractivity contribution >= 4 is 5.69 Å². The maximum Gasteiger partial charge on any atom is 0.146 e. The fraction of sp³-hybridized carbons (Fsp3) is 0.300. The van der Waals surface area contributed by atoms with Gasteiger partial charge in [0.25, 0.3) is 0 Å². The molecule has 1 aromatic rings. The Bertz CT molecular complexity index is 346. The molecule has 1 N–H and O–H groups in total. The van der Waals surface area contributed by atoms with Crippen LogP contribution in [0.5, 0.6) is 5.75 Å². The first-order valence-corrected chi connectivity index (χ1v) is 4.22. The Morgan fingerprint density at radius 1 is 1.57 bits per heavy atom. The average molecular weight is 194 g/mol. The zero-order chi connectivity index (χ0) is 10.4. The van der Waals surface area contributed by atoms with Crippen molar-refractivity contribution in [2.24, 2.45) is 0 Å². The number of nitriles is 1. The molecule has 0 aliphatic heterocycles. The molecule has 0 aromatic heterocycles. The largest absolute Gasteiger partial charge is 0.497 e. The number of ether oxygens (including phenoxy) is 1. The molecule has 0 fully saturated rings. The molecule has 0 saturated heterocycles. The quantitative estimate of drug-likeness (QED) is 0.747. The van der Waals surface area contributed by atoms with Gasteiger partial charge < -0.3 is 10.1 Å². The van der Waals surface area contributed by atoms with Crippen molar-refractivity contribution in [3.05, 3.63) is 24.0 Å². The average Bonchev–Trinajstić information content (AvgIpc) is 2.21. The summed E-state index contributed by atoms with van der Waals surface area (Å²) in [4.78, 5) is 0. The summed E-state index contributed by atoms with van der Waals surface area (Å²) in [6.45, 7) is 0.431. The van der Waals surface area contributed by atoms with Crippen molar-refractivity contribution in [2.75, 3.05) is 19.0 Å². The minimum atomic E-state index is -0.344. The summed E-state index contributed by atoms with van der Waals surface area (Å²) in [7, 11) is 1.52. The molecule has 0 heterocycles. The molecule has 0 aliphatic rings. The molecule has 0 spiro atoms. The summed E-state index contributed by atoms with van der Waals surface area (Å²) in [6.07, 6.45) is 0.344. The van der Waals surface area contributed by atoms with Gasteiger partial charge in [-0.3, -0.25) is 0 Å². The SMILES string of the molecule is COc1ccc(F)c(NCCC#N)c1. The number of hydrogen-bond acceptors (Lipinski definition) is 3. The van der Waals surface area contributed by atoms with E-state index in [1.165, 1.54) is 13.2 Å². The van der Waals surface area contributed by atoms with Crippen LogP contribution in [0.3, 0.4) is 0 Å². The summed E-state index contributed by atoms with van der Waals surface area (Å²) in [5, 5.41) is 11.1. The van der Waals surface area contributed by atoms with Crippen LogP contribution >= 0.6 is 0 Å². The molecule has 1 rings (SSSR count). The summed E-state index contributed by atoms with van der Waals surface area (Å²) >= 11 is 0. The van der Waals surface area contributed by atoms with E-state index in [4.69, 9.17) is 10.00 Å². The molecule has 0 unspecified atom stereocenters. The number of nitrogens with one attached hydrogen (secondary N) is 1. The van der Waals surface area contributed by atoms with Gasteiger partial charge in [0.15, 0.2) is 0 Å². The van der Waals surface area contributed by atoms with Crippen LogP contribution in [-0.2, 0) is 0 Å². The normalized spacial score (nSPS) is 9.21. The van der Waals surface area contributed by atoms with Gasteiger partial charge in [-0.25, -0.2) is 4.39 Å². The summed E-state index contributed by atoms with van der Waals surface area (Å²) < 4.78 is 18.1. The molecule has 0 bridgehead atoms. The molecule has 1 aromatic carbocycles. The highest BCUT2D eigenvalue weighted by Gasteiger charge is 2.02. The molecule has 0 saturated carbocycles. The Morgan fingerprint density at radius 2 is 2.36 bits per heavy atom. The zero-order valence-electron chi connectivity index (χ0n) is 7.88. The molecule has 74 valence electrons. The van der Waals surface area contributed by atoms with E-state index in [-0.39, 0.29) is 5.82 Å². The molecule has 0 aliphatic carbocycles. The van der Waals surface area contributed by atoms with Crippen molar-refractivity contribution in [3.63, 3.8) is 0 Å². The van der Waals surface area contributed by atoms with Gasteiger partial charge in [0, 0.05) is 12.6 Å². The third-order valence-electron chi connectivity index (χ3n) is 1.73. The van der Waals surface area contributed by atoms with E-state index >= 15 is 0 Å². The van der Waals surface area contributed by atoms with Gasteiger partial charge in [0.2, 0.25) is 0 Å². The van der Waals surface area contributed by atoms with E-state index in [1.54, 1.807) is 12.1 Å². The number of rotatable bonds is 4. The number of anilines is 1. The van der Waals surface area contributed by atoms with Gasteiger partial charge in [-0.2, -0.15) is 5.26 Å². The Hall–Kier alpha value is -1.76. The lowest BCUT2D eigenvalue weighted by atomic mass is 10.3. The molecular weight excluding hydrogens is 183 g/mol. The van der Waals surface area contributed by atoms with Crippen molar-refractivity contribution in [1.29, 1.82) is 5.26 Å². The van der Waals surface area contributed by atoms with E-state index in [9.17, 15) is 4.39 Å². The smallest absolute Gasteiger partial charge is 0.146 e. The Labute approximate surface area is 82.1 Å². The Kier molecular flexibility index (Phi) is 3.74. The number of nitrogens with zero attached hydrogens (tertiary/aromatic N) is 1. The molecule has 0 radical (unpaired) electrons. The zero-order valence-corrected chi connectivity index (χ0v) is 7.88. The van der Waals surface area contributed by atoms with Gasteiger partial charge in [-0.05, 0) is 12.1 Å². The second kappa shape index (κ2) is 5.07. The molecule has 0 amide bonds. The highest BCUT2D eigenvalue weighted by atomic mass is 19.1. The summed E-state index contributed by atoms with van der Waals surface area (Å²) in [5.41, 5.74) is 0.361. The van der Waals surface area contributed by atoms with Crippen LogP contribution in [-0.4, -0.2) is 13.7 Å². The number of benzene rings is 1. The van der Waals surface area contributed by atoms with Crippen LogP contribution in [0.25, 0.3) is 0 Å². The first kappa shape index (κ1) is 10.3. The molecular formula is C10H11FN2O. The number of hydrogen-bond donors (Lipinski definition) is 1. The minimum absolute atomic E-state index is 0.344. The monoisotopic (exact) mass is 194 g/mol. The Balaban J connectivity index is 2.69. The molecule has 0 atom stereocenters. The lowest BCUT2D eigenvalue weighted by molar-refractivity contribution is 0.414. The maximum atomic E-state index is 13.1. The van der Waals surface area contributed by atoms with Crippen LogP contribution in [0.2, 0.25) is 0 Å². The van der Waals surface area contributed by atoms with E-state index in [0.29, 0.717) is 24.4 Å². The van der Waals surface area contributed by atoms with E-state index < -0.39 is 0 Å². The van der Waals surface area contributed by atoms with Crippen LogP contribution in [0.15, 0.2) is 18.2 Å². The second-order valence-corrected chi connectivity index (χ2v) is 2.68. The van der Waals surface area contributed by atoms with Crippen LogP contribution < -0.4 is 10.1 Å². The lowest BCUT2D eigenvalue weighted by Crippen LogP contribution is -2.02. The predicted molar refractivity (Wildman–Crippen MR) is 51.7 cm³/mol.